The van der Waals surface area contributed by atoms with Crippen LogP contribution in [0.5, 0.6) is 0 Å². The maximum absolute atomic E-state index is 11.2. The highest BCUT2D eigenvalue weighted by Gasteiger charge is 2.12. The van der Waals surface area contributed by atoms with Crippen molar-refractivity contribution in [2.75, 3.05) is 0 Å². The van der Waals surface area contributed by atoms with Crippen molar-refractivity contribution in [2.45, 2.75) is 6.92 Å². The van der Waals surface area contributed by atoms with E-state index in [0.717, 1.165) is 16.3 Å². The van der Waals surface area contributed by atoms with E-state index in [2.05, 4.69) is 4.84 Å². The van der Waals surface area contributed by atoms with Gasteiger partial charge in [-0.3, -0.25) is 0 Å². The van der Waals surface area contributed by atoms with Crippen LogP contribution in [0.25, 0.3) is 0 Å². The summed E-state index contributed by atoms with van der Waals surface area (Å²) in [5.74, 6) is -0.717. The van der Waals surface area contributed by atoms with Gasteiger partial charge in [-0.05, 0) is 0 Å². The number of hydrogen-bond donors (Lipinski definition) is 0. The summed E-state index contributed by atoms with van der Waals surface area (Å²) in [6.45, 7) is 1.11. The van der Waals surface area contributed by atoms with Crippen LogP contribution in [0.4, 0.5) is 0 Å². The Hall–Kier alpha value is -1.79. The van der Waals surface area contributed by atoms with Crippen molar-refractivity contribution in [3.05, 3.63) is 21.0 Å². The van der Waals surface area contributed by atoms with Gasteiger partial charge in [-0.2, -0.15) is 0 Å². The highest BCUT2D eigenvalue weighted by Crippen LogP contribution is 1.70. The largest absolute Gasteiger partial charge is 0.381 e. The lowest BCUT2D eigenvalue weighted by Crippen LogP contribution is -2.36. The van der Waals surface area contributed by atoms with Gasteiger partial charge in [-0.15, -0.1) is 0 Å². The lowest BCUT2D eigenvalue weighted by atomic mass is 10.8. The van der Waals surface area contributed by atoms with E-state index in [9.17, 15) is 14.4 Å². The monoisotopic (exact) mass is 187 g/mol. The molecule has 1 heterocycles. The Kier molecular flexibility index (Phi) is 2.09. The van der Waals surface area contributed by atoms with E-state index in [0.29, 0.717) is 4.73 Å². The first-order valence-corrected chi connectivity index (χ1v) is 3.49. The van der Waals surface area contributed by atoms with Crippen LogP contribution in [0.2, 0.25) is 0 Å². The van der Waals surface area contributed by atoms with E-state index in [-0.39, 0.29) is 0 Å². The molecule has 0 bridgehead atoms. The quantitative estimate of drug-likeness (QED) is 0.503. The molecule has 1 rings (SSSR count). The fraction of sp³-hybridized carbons (Fsp3) is 0.500. The van der Waals surface area contributed by atoms with Gasteiger partial charge in [0.25, 0.3) is 0 Å². The minimum Gasteiger partial charge on any atom is -0.328 e. The molecule has 1 aromatic heterocycles. The molecule has 0 N–H and O–H groups in total. The molecule has 0 radical (unpaired) electrons. The minimum atomic E-state index is -0.717. The van der Waals surface area contributed by atoms with Crippen molar-refractivity contribution in [3.63, 3.8) is 0 Å². The summed E-state index contributed by atoms with van der Waals surface area (Å²) >= 11 is 0. The third-order valence-corrected chi connectivity index (χ3v) is 1.57. The van der Waals surface area contributed by atoms with E-state index in [1.165, 1.54) is 14.1 Å². The van der Waals surface area contributed by atoms with Gasteiger partial charge in [-0.25, -0.2) is 23.7 Å². The third-order valence-electron chi connectivity index (χ3n) is 1.57. The van der Waals surface area contributed by atoms with Crippen molar-refractivity contribution in [3.8, 4) is 0 Å². The maximum atomic E-state index is 11.2. The van der Waals surface area contributed by atoms with Crippen LogP contribution in [-0.4, -0.2) is 20.1 Å². The van der Waals surface area contributed by atoms with Crippen LogP contribution in [-0.2, 0) is 18.9 Å². The van der Waals surface area contributed by atoms with Crippen molar-refractivity contribution in [1.29, 1.82) is 0 Å². The van der Waals surface area contributed by atoms with Crippen LogP contribution < -0.4 is 16.2 Å². The molecule has 72 valence electrons. The van der Waals surface area contributed by atoms with Gasteiger partial charge in [-0.1, -0.05) is 4.73 Å². The zero-order chi connectivity index (χ0) is 10.2. The maximum Gasteiger partial charge on any atom is 0.381 e. The molecule has 0 aromatic carbocycles. The number of nitrogens with zero attached hydrogens (tertiary/aromatic N) is 3. The number of rotatable bonds is 1. The summed E-state index contributed by atoms with van der Waals surface area (Å²) in [4.78, 5) is 37.2. The molecular weight excluding hydrogens is 178 g/mol. The summed E-state index contributed by atoms with van der Waals surface area (Å²) in [5.41, 5.74) is -1.38. The minimum absolute atomic E-state index is 0.405. The molecule has 0 atom stereocenters. The van der Waals surface area contributed by atoms with E-state index in [1.807, 2.05) is 0 Å². The standard InChI is InChI=1S/C6H9N3O4/c1-4(10)13-9-5(11)7(2)8(3)6(9)12/h1-3H3. The summed E-state index contributed by atoms with van der Waals surface area (Å²) in [7, 11) is 2.79. The average molecular weight is 187 g/mol. The molecule has 0 unspecified atom stereocenters. The highest BCUT2D eigenvalue weighted by molar-refractivity contribution is 5.66. The van der Waals surface area contributed by atoms with Crippen LogP contribution in [0.3, 0.4) is 0 Å². The molecule has 0 saturated carbocycles. The predicted octanol–water partition coefficient (Wildman–Crippen LogP) is -2.14. The predicted molar refractivity (Wildman–Crippen MR) is 42.2 cm³/mol. The van der Waals surface area contributed by atoms with Gasteiger partial charge in [0.15, 0.2) is 0 Å². The van der Waals surface area contributed by atoms with Crippen LogP contribution >= 0.6 is 0 Å². The topological polar surface area (TPSA) is 75.2 Å². The molecule has 0 saturated heterocycles. The molecule has 0 aliphatic rings. The van der Waals surface area contributed by atoms with Crippen LogP contribution in [0, 0.1) is 0 Å². The van der Waals surface area contributed by atoms with Gasteiger partial charge in [0.1, 0.15) is 0 Å². The first kappa shape index (κ1) is 9.30. The van der Waals surface area contributed by atoms with E-state index in [1.54, 1.807) is 0 Å². The van der Waals surface area contributed by atoms with Crippen molar-refractivity contribution >= 4 is 5.97 Å². The number of aromatic nitrogens is 3. The van der Waals surface area contributed by atoms with Gasteiger partial charge in [0.05, 0.1) is 0 Å². The Bertz CT molecular complexity index is 416. The summed E-state index contributed by atoms with van der Waals surface area (Å²) in [5, 5.41) is 0. The smallest absolute Gasteiger partial charge is 0.328 e. The van der Waals surface area contributed by atoms with Gasteiger partial charge in [0, 0.05) is 21.0 Å². The lowest BCUT2D eigenvalue weighted by Gasteiger charge is -1.93. The first-order valence-electron chi connectivity index (χ1n) is 3.49. The SMILES string of the molecule is CC(=O)On1c(=O)n(C)n(C)c1=O. The van der Waals surface area contributed by atoms with Crippen LogP contribution in [0.1, 0.15) is 6.92 Å². The normalized spacial score (nSPS) is 10.1. The molecule has 7 nitrogen and oxygen atoms in total. The summed E-state index contributed by atoms with van der Waals surface area (Å²) in [6, 6.07) is 0. The zero-order valence-corrected chi connectivity index (χ0v) is 7.47. The third kappa shape index (κ3) is 1.40. The fourth-order valence-corrected chi connectivity index (χ4v) is 0.808. The molecule has 0 aliphatic heterocycles. The molecular formula is C6H9N3O4. The molecule has 7 heteroatoms. The Morgan fingerprint density at radius 3 is 1.85 bits per heavy atom. The average Bonchev–Trinajstić information content (AvgIpc) is 2.22. The number of hydrogen-bond acceptors (Lipinski definition) is 4. The molecule has 1 aromatic rings. The Balaban J connectivity index is 3.39. The van der Waals surface area contributed by atoms with E-state index < -0.39 is 17.3 Å². The molecule has 0 amide bonds. The Morgan fingerprint density at radius 1 is 1.15 bits per heavy atom. The van der Waals surface area contributed by atoms with Crippen molar-refractivity contribution in [2.24, 2.45) is 14.1 Å². The van der Waals surface area contributed by atoms with Crippen molar-refractivity contribution in [1.82, 2.24) is 14.1 Å². The van der Waals surface area contributed by atoms with Gasteiger partial charge < -0.3 is 4.84 Å². The summed E-state index contributed by atoms with van der Waals surface area (Å²) < 4.78 is 2.47. The van der Waals surface area contributed by atoms with E-state index in [4.69, 9.17) is 0 Å². The zero-order valence-electron chi connectivity index (χ0n) is 7.47. The van der Waals surface area contributed by atoms with Crippen molar-refractivity contribution < 1.29 is 9.63 Å². The summed E-state index contributed by atoms with van der Waals surface area (Å²) in [6.07, 6.45) is 0. The van der Waals surface area contributed by atoms with Crippen LogP contribution in [0.15, 0.2) is 9.59 Å². The van der Waals surface area contributed by atoms with E-state index >= 15 is 0 Å². The molecule has 13 heavy (non-hydrogen) atoms. The number of carbonyl (C=O) groups is 1. The second-order valence-corrected chi connectivity index (χ2v) is 2.49. The molecule has 0 spiro atoms. The van der Waals surface area contributed by atoms with Gasteiger partial charge >= 0.3 is 17.3 Å². The molecule has 0 fully saturated rings. The first-order chi connectivity index (χ1) is 5.95. The second kappa shape index (κ2) is 2.92. The number of carbonyl (C=O) groups excluding carboxylic acids is 1. The Labute approximate surface area is 72.7 Å². The molecule has 0 aliphatic carbocycles. The fourth-order valence-electron chi connectivity index (χ4n) is 0.808. The highest BCUT2D eigenvalue weighted by atomic mass is 16.7. The van der Waals surface area contributed by atoms with Gasteiger partial charge in [0.2, 0.25) is 0 Å². The Morgan fingerprint density at radius 2 is 1.54 bits per heavy atom. The second-order valence-electron chi connectivity index (χ2n) is 2.49. The lowest BCUT2D eigenvalue weighted by molar-refractivity contribution is -0.142.